The number of carbonyl (C=O) groups is 3. The lowest BCUT2D eigenvalue weighted by molar-refractivity contribution is -0.167. The molecule has 49 heavy (non-hydrogen) atoms. The van der Waals surface area contributed by atoms with Crippen molar-refractivity contribution in [2.75, 3.05) is 13.2 Å². The van der Waals surface area contributed by atoms with Crippen LogP contribution in [0.1, 0.15) is 188 Å². The molecule has 0 aliphatic heterocycles. The van der Waals surface area contributed by atoms with Gasteiger partial charge in [0.1, 0.15) is 13.2 Å². The molecule has 0 aromatic rings. The number of ether oxygens (including phenoxy) is 3. The quantitative estimate of drug-likeness (QED) is 0.0286. The van der Waals surface area contributed by atoms with Gasteiger partial charge in [-0.15, -0.1) is 0 Å². The molecule has 0 saturated carbocycles. The molecule has 282 valence electrons. The third-order valence-corrected chi connectivity index (χ3v) is 8.35. The van der Waals surface area contributed by atoms with Gasteiger partial charge >= 0.3 is 17.9 Å². The Morgan fingerprint density at radius 1 is 0.429 bits per heavy atom. The van der Waals surface area contributed by atoms with Gasteiger partial charge in [-0.2, -0.15) is 0 Å². The molecule has 0 aromatic heterocycles. The fourth-order valence-corrected chi connectivity index (χ4v) is 5.31. The van der Waals surface area contributed by atoms with Crippen LogP contribution in [0.3, 0.4) is 0 Å². The fraction of sp³-hybridized carbons (Fsp3) is 0.744. The van der Waals surface area contributed by atoms with E-state index in [0.717, 1.165) is 96.3 Å². The Morgan fingerprint density at radius 3 is 1.24 bits per heavy atom. The van der Waals surface area contributed by atoms with Crippen LogP contribution in [0.25, 0.3) is 0 Å². The van der Waals surface area contributed by atoms with Crippen molar-refractivity contribution in [3.63, 3.8) is 0 Å². The van der Waals surface area contributed by atoms with Crippen LogP contribution in [-0.2, 0) is 28.6 Å². The third-order valence-electron chi connectivity index (χ3n) is 8.35. The number of hydrogen-bond donors (Lipinski definition) is 0. The predicted octanol–water partition coefficient (Wildman–Crippen LogP) is 12.4. The van der Waals surface area contributed by atoms with E-state index in [2.05, 4.69) is 69.4 Å². The smallest absolute Gasteiger partial charge is 0.306 e. The van der Waals surface area contributed by atoms with Gasteiger partial charge < -0.3 is 14.2 Å². The topological polar surface area (TPSA) is 78.9 Å². The van der Waals surface area contributed by atoms with Crippen LogP contribution in [0.15, 0.2) is 48.6 Å². The van der Waals surface area contributed by atoms with Crippen LogP contribution in [-0.4, -0.2) is 37.2 Å². The Kier molecular flexibility index (Phi) is 36.1. The number of allylic oxidation sites excluding steroid dienone is 8. The molecule has 0 rings (SSSR count). The summed E-state index contributed by atoms with van der Waals surface area (Å²) in [5, 5.41) is 0. The summed E-state index contributed by atoms with van der Waals surface area (Å²) in [6.07, 6.45) is 42.8. The Hall–Kier alpha value is -2.63. The number of rotatable bonds is 35. The van der Waals surface area contributed by atoms with Gasteiger partial charge in [0.2, 0.25) is 0 Å². The lowest BCUT2D eigenvalue weighted by Crippen LogP contribution is -2.30. The van der Waals surface area contributed by atoms with Gasteiger partial charge in [-0.1, -0.05) is 159 Å². The highest BCUT2D eigenvalue weighted by Gasteiger charge is 2.19. The molecule has 0 aliphatic rings. The number of carbonyl (C=O) groups excluding carboxylic acids is 3. The summed E-state index contributed by atoms with van der Waals surface area (Å²) in [5.74, 6) is -0.920. The minimum Gasteiger partial charge on any atom is -0.462 e. The Bertz CT molecular complexity index is 887. The maximum atomic E-state index is 12.5. The van der Waals surface area contributed by atoms with Crippen molar-refractivity contribution in [3.05, 3.63) is 48.6 Å². The third kappa shape index (κ3) is 36.5. The SMILES string of the molecule is CC/C=C\C/C=C\C/C=C\C/C=C\CCCCCCCCC(=O)OCC(COC(=O)CCCCCCC)OC(=O)CCCCCCCCC. The fourth-order valence-electron chi connectivity index (χ4n) is 5.31. The zero-order chi connectivity index (χ0) is 35.9. The first-order valence-electron chi connectivity index (χ1n) is 20.1. The highest BCUT2D eigenvalue weighted by molar-refractivity contribution is 5.71. The number of esters is 3. The molecular weight excluding hydrogens is 612 g/mol. The van der Waals surface area contributed by atoms with Crippen molar-refractivity contribution in [2.45, 2.75) is 194 Å². The van der Waals surface area contributed by atoms with E-state index in [-0.39, 0.29) is 31.1 Å². The number of hydrogen-bond acceptors (Lipinski definition) is 6. The predicted molar refractivity (Wildman–Crippen MR) is 205 cm³/mol. The zero-order valence-electron chi connectivity index (χ0n) is 31.9. The molecule has 0 bridgehead atoms. The second-order valence-corrected chi connectivity index (χ2v) is 13.2. The van der Waals surface area contributed by atoms with Gasteiger partial charge in [0.15, 0.2) is 6.10 Å². The maximum absolute atomic E-state index is 12.5. The monoisotopic (exact) mass is 687 g/mol. The van der Waals surface area contributed by atoms with E-state index in [0.29, 0.717) is 19.3 Å². The first-order valence-corrected chi connectivity index (χ1v) is 20.1. The molecule has 0 N–H and O–H groups in total. The van der Waals surface area contributed by atoms with Crippen molar-refractivity contribution >= 4 is 17.9 Å². The van der Waals surface area contributed by atoms with E-state index in [1.165, 1.54) is 51.4 Å². The standard InChI is InChI=1S/C43H74O6/c1-4-7-10-13-15-16-17-18-19-20-21-22-23-24-25-26-28-30-33-36-42(45)48-39-40(38-47-41(44)35-32-29-12-9-6-3)49-43(46)37-34-31-27-14-11-8-5-2/h7,10,15-16,18-19,21-22,40H,4-6,8-9,11-14,17,20,23-39H2,1-3H3/b10-7-,16-15-,19-18-,22-21-. The van der Waals surface area contributed by atoms with Crippen LogP contribution in [0, 0.1) is 0 Å². The molecule has 0 aliphatic carbocycles. The summed E-state index contributed by atoms with van der Waals surface area (Å²) in [5.41, 5.74) is 0. The average molecular weight is 687 g/mol. The second kappa shape index (κ2) is 38.2. The maximum Gasteiger partial charge on any atom is 0.306 e. The molecule has 0 heterocycles. The lowest BCUT2D eigenvalue weighted by atomic mass is 10.1. The minimum atomic E-state index is -0.768. The van der Waals surface area contributed by atoms with E-state index >= 15 is 0 Å². The zero-order valence-corrected chi connectivity index (χ0v) is 31.9. The lowest BCUT2D eigenvalue weighted by Gasteiger charge is -2.18. The number of unbranched alkanes of at least 4 members (excludes halogenated alkanes) is 16. The van der Waals surface area contributed by atoms with Gasteiger partial charge in [0, 0.05) is 19.3 Å². The van der Waals surface area contributed by atoms with Crippen molar-refractivity contribution in [2.24, 2.45) is 0 Å². The minimum absolute atomic E-state index is 0.0786. The van der Waals surface area contributed by atoms with Crippen molar-refractivity contribution in [1.82, 2.24) is 0 Å². The van der Waals surface area contributed by atoms with E-state index in [9.17, 15) is 14.4 Å². The molecule has 0 radical (unpaired) electrons. The molecule has 0 amide bonds. The molecule has 0 fully saturated rings. The second-order valence-electron chi connectivity index (χ2n) is 13.2. The van der Waals surface area contributed by atoms with Crippen molar-refractivity contribution in [1.29, 1.82) is 0 Å². The van der Waals surface area contributed by atoms with Crippen molar-refractivity contribution in [3.8, 4) is 0 Å². The van der Waals surface area contributed by atoms with E-state index in [1.807, 2.05) is 0 Å². The largest absolute Gasteiger partial charge is 0.462 e. The normalized spacial score (nSPS) is 12.5. The molecular formula is C43H74O6. The summed E-state index contributed by atoms with van der Waals surface area (Å²) >= 11 is 0. The van der Waals surface area contributed by atoms with Gasteiger partial charge in [-0.05, 0) is 57.8 Å². The summed E-state index contributed by atoms with van der Waals surface area (Å²) < 4.78 is 16.5. The van der Waals surface area contributed by atoms with E-state index in [4.69, 9.17) is 14.2 Å². The molecule has 0 spiro atoms. The Balaban J connectivity index is 4.17. The van der Waals surface area contributed by atoms with Crippen LogP contribution < -0.4 is 0 Å². The molecule has 1 atom stereocenters. The Morgan fingerprint density at radius 2 is 0.796 bits per heavy atom. The first kappa shape index (κ1) is 46.4. The molecule has 0 saturated heterocycles. The van der Waals surface area contributed by atoms with Crippen LogP contribution in [0.5, 0.6) is 0 Å². The van der Waals surface area contributed by atoms with E-state index in [1.54, 1.807) is 0 Å². The van der Waals surface area contributed by atoms with Gasteiger partial charge in [-0.25, -0.2) is 0 Å². The molecule has 0 aromatic carbocycles. The molecule has 1 unspecified atom stereocenters. The van der Waals surface area contributed by atoms with Gasteiger partial charge in [0.25, 0.3) is 0 Å². The molecule has 6 nitrogen and oxygen atoms in total. The van der Waals surface area contributed by atoms with Crippen LogP contribution in [0.2, 0.25) is 0 Å². The van der Waals surface area contributed by atoms with Crippen LogP contribution >= 0.6 is 0 Å². The van der Waals surface area contributed by atoms with E-state index < -0.39 is 6.10 Å². The highest BCUT2D eigenvalue weighted by atomic mass is 16.6. The first-order chi connectivity index (χ1) is 24.0. The summed E-state index contributed by atoms with van der Waals surface area (Å²) in [6.45, 7) is 6.35. The van der Waals surface area contributed by atoms with Gasteiger partial charge in [-0.3, -0.25) is 14.4 Å². The summed E-state index contributed by atoms with van der Waals surface area (Å²) in [4.78, 5) is 37.2. The van der Waals surface area contributed by atoms with Gasteiger partial charge in [0.05, 0.1) is 0 Å². The van der Waals surface area contributed by atoms with Crippen LogP contribution in [0.4, 0.5) is 0 Å². The average Bonchev–Trinajstić information content (AvgIpc) is 3.09. The van der Waals surface area contributed by atoms with Crippen molar-refractivity contribution < 1.29 is 28.6 Å². The summed E-state index contributed by atoms with van der Waals surface area (Å²) in [6, 6.07) is 0. The molecule has 6 heteroatoms. The Labute approximate surface area is 301 Å². The highest BCUT2D eigenvalue weighted by Crippen LogP contribution is 2.12. The summed E-state index contributed by atoms with van der Waals surface area (Å²) in [7, 11) is 0.